The largest absolute Gasteiger partial charge is 0.351 e. The molecule has 112 valence electrons. The molecule has 1 amide bonds. The maximum atomic E-state index is 12.0. The summed E-state index contributed by atoms with van der Waals surface area (Å²) in [4.78, 5) is 24.2. The molecule has 6 heteroatoms. The van der Waals surface area contributed by atoms with Crippen LogP contribution in [0.25, 0.3) is 0 Å². The van der Waals surface area contributed by atoms with Crippen molar-refractivity contribution >= 4 is 29.0 Å². The first-order valence-electron chi connectivity index (χ1n) is 6.87. The van der Waals surface area contributed by atoms with Crippen molar-refractivity contribution in [2.75, 3.05) is 12.3 Å². The van der Waals surface area contributed by atoms with E-state index < -0.39 is 0 Å². The number of nitrogens with zero attached hydrogens (tertiary/aromatic N) is 1. The highest BCUT2D eigenvalue weighted by Gasteiger charge is 2.08. The van der Waals surface area contributed by atoms with Crippen LogP contribution in [0.15, 0.2) is 45.5 Å². The fraction of sp³-hybridized carbons (Fsp3) is 0.333. The van der Waals surface area contributed by atoms with Gasteiger partial charge in [-0.15, -0.1) is 23.1 Å². The van der Waals surface area contributed by atoms with Crippen LogP contribution in [-0.2, 0) is 6.54 Å². The minimum Gasteiger partial charge on any atom is -0.351 e. The number of carbonyl (C=O) groups is 1. The summed E-state index contributed by atoms with van der Waals surface area (Å²) in [6.45, 7) is 3.27. The minimum absolute atomic E-state index is 0.0108. The van der Waals surface area contributed by atoms with Crippen LogP contribution in [0.3, 0.4) is 0 Å². The molecule has 21 heavy (non-hydrogen) atoms. The standard InChI is InChI=1S/C15H18N2O2S2/c1-2-20-14-8-7-12(21-14)15(19)16-9-5-11-17-10-4-3-6-13(17)18/h3-4,6-8,10H,2,5,9,11H2,1H3,(H,16,19). The first-order chi connectivity index (χ1) is 10.2. The molecule has 0 aliphatic heterocycles. The van der Waals surface area contributed by atoms with E-state index >= 15 is 0 Å². The van der Waals surface area contributed by atoms with Gasteiger partial charge in [-0.2, -0.15) is 0 Å². The van der Waals surface area contributed by atoms with Crippen LogP contribution in [0.5, 0.6) is 0 Å². The Kier molecular flexibility index (Phi) is 6.07. The molecule has 0 bridgehead atoms. The van der Waals surface area contributed by atoms with E-state index in [4.69, 9.17) is 0 Å². The number of carbonyl (C=O) groups excluding carboxylic acids is 1. The quantitative estimate of drug-likeness (QED) is 0.630. The fourth-order valence-electron chi connectivity index (χ4n) is 1.85. The topological polar surface area (TPSA) is 51.1 Å². The van der Waals surface area contributed by atoms with Crippen molar-refractivity contribution in [3.63, 3.8) is 0 Å². The Morgan fingerprint density at radius 2 is 2.19 bits per heavy atom. The molecule has 0 saturated heterocycles. The highest BCUT2D eigenvalue weighted by molar-refractivity contribution is 8.01. The van der Waals surface area contributed by atoms with Gasteiger partial charge in [0, 0.05) is 25.4 Å². The van der Waals surface area contributed by atoms with Gasteiger partial charge in [-0.25, -0.2) is 0 Å². The number of rotatable bonds is 7. The molecule has 0 aliphatic carbocycles. The number of nitrogens with one attached hydrogen (secondary N) is 1. The van der Waals surface area contributed by atoms with Gasteiger partial charge < -0.3 is 9.88 Å². The molecule has 0 radical (unpaired) electrons. The predicted molar refractivity (Wildman–Crippen MR) is 88.4 cm³/mol. The molecular weight excluding hydrogens is 304 g/mol. The molecule has 0 aliphatic rings. The van der Waals surface area contributed by atoms with E-state index in [1.165, 1.54) is 21.6 Å². The van der Waals surface area contributed by atoms with Gasteiger partial charge in [0.15, 0.2) is 0 Å². The molecule has 0 fully saturated rings. The molecular formula is C15H18N2O2S2. The summed E-state index contributed by atoms with van der Waals surface area (Å²) < 4.78 is 2.81. The smallest absolute Gasteiger partial charge is 0.261 e. The van der Waals surface area contributed by atoms with Gasteiger partial charge >= 0.3 is 0 Å². The van der Waals surface area contributed by atoms with E-state index in [1.807, 2.05) is 18.2 Å². The highest BCUT2D eigenvalue weighted by Crippen LogP contribution is 2.26. The molecule has 2 aromatic heterocycles. The van der Waals surface area contributed by atoms with Crippen LogP contribution in [-0.4, -0.2) is 22.8 Å². The second-order valence-corrected chi connectivity index (χ2v) is 7.04. The van der Waals surface area contributed by atoms with E-state index in [0.717, 1.165) is 17.1 Å². The van der Waals surface area contributed by atoms with Gasteiger partial charge in [0.25, 0.3) is 5.91 Å². The minimum atomic E-state index is -0.0386. The normalized spacial score (nSPS) is 10.5. The van der Waals surface area contributed by atoms with Crippen LogP contribution < -0.4 is 10.9 Å². The molecule has 2 aromatic rings. The Bertz CT molecular complexity index is 649. The van der Waals surface area contributed by atoms with E-state index in [-0.39, 0.29) is 11.5 Å². The third kappa shape index (κ3) is 4.75. The molecule has 0 aromatic carbocycles. The van der Waals surface area contributed by atoms with Crippen molar-refractivity contribution in [2.24, 2.45) is 0 Å². The fourth-order valence-corrected chi connectivity index (χ4v) is 3.81. The van der Waals surface area contributed by atoms with Crippen molar-refractivity contribution in [3.8, 4) is 0 Å². The zero-order valence-electron chi connectivity index (χ0n) is 11.9. The van der Waals surface area contributed by atoms with Crippen LogP contribution >= 0.6 is 23.1 Å². The summed E-state index contributed by atoms with van der Waals surface area (Å²) in [7, 11) is 0. The molecule has 0 atom stereocenters. The number of pyridine rings is 1. The van der Waals surface area contributed by atoms with Gasteiger partial charge in [-0.1, -0.05) is 13.0 Å². The summed E-state index contributed by atoms with van der Waals surface area (Å²) in [5.74, 6) is 0.969. The van der Waals surface area contributed by atoms with Crippen molar-refractivity contribution in [2.45, 2.75) is 24.1 Å². The van der Waals surface area contributed by atoms with Crippen LogP contribution in [0, 0.1) is 0 Å². The Hall–Kier alpha value is -1.53. The monoisotopic (exact) mass is 322 g/mol. The lowest BCUT2D eigenvalue weighted by Gasteiger charge is -2.06. The van der Waals surface area contributed by atoms with Gasteiger partial charge in [0.05, 0.1) is 9.09 Å². The number of amides is 1. The zero-order chi connectivity index (χ0) is 15.1. The van der Waals surface area contributed by atoms with Crippen LogP contribution in [0.4, 0.5) is 0 Å². The number of aryl methyl sites for hydroxylation is 1. The third-order valence-corrected chi connectivity index (χ3v) is 5.04. The first kappa shape index (κ1) is 15.9. The van der Waals surface area contributed by atoms with E-state index in [9.17, 15) is 9.59 Å². The highest BCUT2D eigenvalue weighted by atomic mass is 32.2. The Morgan fingerprint density at radius 1 is 1.33 bits per heavy atom. The molecule has 2 rings (SSSR count). The van der Waals surface area contributed by atoms with Crippen molar-refractivity contribution in [1.82, 2.24) is 9.88 Å². The van der Waals surface area contributed by atoms with E-state index in [2.05, 4.69) is 12.2 Å². The summed E-state index contributed by atoms with van der Waals surface area (Å²) in [6, 6.07) is 8.94. The third-order valence-electron chi connectivity index (χ3n) is 2.85. The van der Waals surface area contributed by atoms with Crippen molar-refractivity contribution in [3.05, 3.63) is 51.8 Å². The number of aromatic nitrogens is 1. The van der Waals surface area contributed by atoms with Crippen LogP contribution in [0.2, 0.25) is 0 Å². The number of hydrogen-bond donors (Lipinski definition) is 1. The maximum absolute atomic E-state index is 12.0. The van der Waals surface area contributed by atoms with Gasteiger partial charge in [0.2, 0.25) is 5.56 Å². The molecule has 1 N–H and O–H groups in total. The number of hydrogen-bond acceptors (Lipinski definition) is 4. The Morgan fingerprint density at radius 3 is 2.95 bits per heavy atom. The zero-order valence-corrected chi connectivity index (χ0v) is 13.5. The van der Waals surface area contributed by atoms with E-state index in [1.54, 1.807) is 28.6 Å². The molecule has 0 unspecified atom stereocenters. The summed E-state index contributed by atoms with van der Waals surface area (Å²) in [6.07, 6.45) is 2.50. The Labute approximate surface area is 132 Å². The number of thiophene rings is 1. The van der Waals surface area contributed by atoms with Gasteiger partial charge in [-0.3, -0.25) is 9.59 Å². The predicted octanol–water partition coefficient (Wildman–Crippen LogP) is 2.84. The lowest BCUT2D eigenvalue weighted by atomic mass is 10.3. The summed E-state index contributed by atoms with van der Waals surface area (Å²) in [5, 5.41) is 2.89. The van der Waals surface area contributed by atoms with Crippen molar-refractivity contribution < 1.29 is 4.79 Å². The van der Waals surface area contributed by atoms with Gasteiger partial charge in [-0.05, 0) is 30.4 Å². The second kappa shape index (κ2) is 8.05. The van der Waals surface area contributed by atoms with Gasteiger partial charge in [0.1, 0.15) is 0 Å². The molecule has 4 nitrogen and oxygen atoms in total. The average molecular weight is 322 g/mol. The molecule has 0 spiro atoms. The lowest BCUT2D eigenvalue weighted by Crippen LogP contribution is -2.26. The van der Waals surface area contributed by atoms with Crippen LogP contribution in [0.1, 0.15) is 23.0 Å². The number of thioether (sulfide) groups is 1. The summed E-state index contributed by atoms with van der Waals surface area (Å²) in [5.41, 5.74) is -0.0108. The second-order valence-electron chi connectivity index (χ2n) is 4.39. The average Bonchev–Trinajstić information content (AvgIpc) is 2.94. The Balaban J connectivity index is 1.76. The SMILES string of the molecule is CCSc1ccc(C(=O)NCCCn2ccccc2=O)s1. The summed E-state index contributed by atoms with van der Waals surface area (Å²) >= 11 is 3.26. The molecule has 0 saturated carbocycles. The maximum Gasteiger partial charge on any atom is 0.261 e. The van der Waals surface area contributed by atoms with Crippen molar-refractivity contribution in [1.29, 1.82) is 0 Å². The van der Waals surface area contributed by atoms with E-state index in [0.29, 0.717) is 13.1 Å². The first-order valence-corrected chi connectivity index (χ1v) is 8.67. The lowest BCUT2D eigenvalue weighted by molar-refractivity contribution is 0.0957. The molecule has 2 heterocycles.